The lowest BCUT2D eigenvalue weighted by Gasteiger charge is -2.12. The molecule has 1 aliphatic carbocycles. The van der Waals surface area contributed by atoms with Gasteiger partial charge >= 0.3 is 0 Å². The smallest absolute Gasteiger partial charge is 0.227 e. The van der Waals surface area contributed by atoms with Gasteiger partial charge in [-0.2, -0.15) is 0 Å². The molecule has 0 atom stereocenters. The van der Waals surface area contributed by atoms with Gasteiger partial charge < -0.3 is 16.8 Å². The number of aliphatic imine (C=N–C) groups is 1. The average Bonchev–Trinajstić information content (AvgIpc) is 3.46. The molecule has 0 aliphatic heterocycles. The summed E-state index contributed by atoms with van der Waals surface area (Å²) < 4.78 is 0. The third-order valence-corrected chi connectivity index (χ3v) is 4.05. The van der Waals surface area contributed by atoms with Crippen LogP contribution in [-0.4, -0.2) is 23.8 Å². The van der Waals surface area contributed by atoms with Crippen molar-refractivity contribution < 1.29 is 4.79 Å². The standard InChI is InChI=1S/C20H24N6O/c1-3-4-14(9-12(2)26-20(27)13-5-6-13)18(23)16-10-15(7-8-17(16)22)19(24)25-11-21/h3-4,7-11,13,23H,1,5-6,22H2,2H3,(H,26,27)(H3,21,24,25)/b12-9+,14-4+,23-18?. The topological polar surface area (TPSA) is 141 Å². The Hall–Kier alpha value is -3.48. The molecule has 1 saturated carbocycles. The number of anilines is 1. The maximum Gasteiger partial charge on any atom is 0.227 e. The van der Waals surface area contributed by atoms with Gasteiger partial charge in [-0.25, -0.2) is 4.99 Å². The van der Waals surface area contributed by atoms with Gasteiger partial charge in [-0.05, 0) is 44.0 Å². The van der Waals surface area contributed by atoms with E-state index >= 15 is 0 Å². The SMILES string of the molecule is C=C/C=C(\C=C(/C)NC(=O)C1CC1)C(=N)c1cc(C(N)=NC=N)ccc1N. The summed E-state index contributed by atoms with van der Waals surface area (Å²) in [5.74, 6) is 0.269. The lowest BCUT2D eigenvalue weighted by Crippen LogP contribution is -2.23. The van der Waals surface area contributed by atoms with Crippen LogP contribution in [0, 0.1) is 16.7 Å². The van der Waals surface area contributed by atoms with Gasteiger partial charge in [0.1, 0.15) is 12.2 Å². The fourth-order valence-corrected chi connectivity index (χ4v) is 2.47. The lowest BCUT2D eigenvalue weighted by atomic mass is 9.97. The van der Waals surface area contributed by atoms with Gasteiger partial charge in [0.25, 0.3) is 0 Å². The lowest BCUT2D eigenvalue weighted by molar-refractivity contribution is -0.121. The second-order valence-corrected chi connectivity index (χ2v) is 6.27. The fraction of sp³-hybridized carbons (Fsp3) is 0.200. The number of amides is 1. The highest BCUT2D eigenvalue weighted by Crippen LogP contribution is 2.29. The number of nitrogens with zero attached hydrogens (tertiary/aromatic N) is 1. The molecule has 0 saturated heterocycles. The fourth-order valence-electron chi connectivity index (χ4n) is 2.47. The molecule has 0 unspecified atom stereocenters. The van der Waals surface area contributed by atoms with Crippen molar-refractivity contribution in [2.45, 2.75) is 19.8 Å². The molecule has 1 fully saturated rings. The highest BCUT2D eigenvalue weighted by Gasteiger charge is 2.29. The third-order valence-electron chi connectivity index (χ3n) is 4.05. The second kappa shape index (κ2) is 8.75. The average molecular weight is 364 g/mol. The van der Waals surface area contributed by atoms with Crippen molar-refractivity contribution in [1.82, 2.24) is 5.32 Å². The molecule has 7 heteroatoms. The maximum atomic E-state index is 11.9. The molecule has 1 amide bonds. The van der Waals surface area contributed by atoms with Crippen LogP contribution < -0.4 is 16.8 Å². The monoisotopic (exact) mass is 364 g/mol. The predicted molar refractivity (Wildman–Crippen MR) is 110 cm³/mol. The molecule has 1 aliphatic rings. The van der Waals surface area contributed by atoms with E-state index in [-0.39, 0.29) is 23.4 Å². The summed E-state index contributed by atoms with van der Waals surface area (Å²) >= 11 is 0. The molecule has 27 heavy (non-hydrogen) atoms. The first-order chi connectivity index (χ1) is 12.9. The molecule has 0 radical (unpaired) electrons. The Bertz CT molecular complexity index is 874. The van der Waals surface area contributed by atoms with Crippen LogP contribution in [0.4, 0.5) is 5.69 Å². The molecule has 2 rings (SSSR count). The van der Waals surface area contributed by atoms with E-state index in [0.29, 0.717) is 28.1 Å². The first-order valence-corrected chi connectivity index (χ1v) is 8.50. The molecule has 1 aromatic carbocycles. The van der Waals surface area contributed by atoms with Crippen LogP contribution in [0.2, 0.25) is 0 Å². The maximum absolute atomic E-state index is 11.9. The summed E-state index contributed by atoms with van der Waals surface area (Å²) in [7, 11) is 0. The van der Waals surface area contributed by atoms with Gasteiger partial charge in [0.2, 0.25) is 5.91 Å². The Morgan fingerprint density at radius 3 is 2.70 bits per heavy atom. The van der Waals surface area contributed by atoms with Gasteiger partial charge in [0.05, 0.1) is 5.71 Å². The van der Waals surface area contributed by atoms with E-state index in [1.54, 1.807) is 43.4 Å². The van der Waals surface area contributed by atoms with E-state index in [1.165, 1.54) is 0 Å². The van der Waals surface area contributed by atoms with Crippen LogP contribution >= 0.6 is 0 Å². The van der Waals surface area contributed by atoms with Crippen molar-refractivity contribution in [3.8, 4) is 0 Å². The molecule has 7 nitrogen and oxygen atoms in total. The number of nitrogens with two attached hydrogens (primary N) is 2. The number of nitrogen functional groups attached to an aromatic ring is 1. The molecular formula is C20H24N6O. The summed E-state index contributed by atoms with van der Waals surface area (Å²) in [6, 6.07) is 4.98. The Morgan fingerprint density at radius 1 is 1.41 bits per heavy atom. The van der Waals surface area contributed by atoms with Crippen LogP contribution in [-0.2, 0) is 4.79 Å². The van der Waals surface area contributed by atoms with Crippen molar-refractivity contribution in [3.05, 3.63) is 65.4 Å². The molecule has 0 heterocycles. The van der Waals surface area contributed by atoms with E-state index in [0.717, 1.165) is 19.2 Å². The largest absolute Gasteiger partial charge is 0.398 e. The Kier molecular flexibility index (Phi) is 6.43. The van der Waals surface area contributed by atoms with Crippen molar-refractivity contribution in [2.75, 3.05) is 5.73 Å². The minimum atomic E-state index is 0.00498. The second-order valence-electron chi connectivity index (χ2n) is 6.27. The molecule has 7 N–H and O–H groups in total. The summed E-state index contributed by atoms with van der Waals surface area (Å²) in [4.78, 5) is 15.7. The summed E-state index contributed by atoms with van der Waals surface area (Å²) in [5.41, 5.74) is 14.7. The van der Waals surface area contributed by atoms with Crippen molar-refractivity contribution in [1.29, 1.82) is 10.8 Å². The van der Waals surface area contributed by atoms with E-state index in [1.807, 2.05) is 0 Å². The number of benzene rings is 1. The zero-order chi connectivity index (χ0) is 20.0. The van der Waals surface area contributed by atoms with Crippen molar-refractivity contribution >= 4 is 29.5 Å². The van der Waals surface area contributed by atoms with Crippen LogP contribution in [0.3, 0.4) is 0 Å². The van der Waals surface area contributed by atoms with Crippen LogP contribution in [0.1, 0.15) is 30.9 Å². The molecule has 0 bridgehead atoms. The minimum Gasteiger partial charge on any atom is -0.398 e. The number of allylic oxidation sites excluding steroid dienone is 5. The van der Waals surface area contributed by atoms with E-state index < -0.39 is 0 Å². The summed E-state index contributed by atoms with van der Waals surface area (Å²) in [6.45, 7) is 5.47. The normalized spacial score (nSPS) is 15.2. The van der Waals surface area contributed by atoms with Crippen LogP contribution in [0.15, 0.2) is 59.3 Å². The molecule has 1 aromatic rings. The molecule has 0 aromatic heterocycles. The zero-order valence-electron chi connectivity index (χ0n) is 15.3. The van der Waals surface area contributed by atoms with E-state index in [2.05, 4.69) is 16.9 Å². The molecule has 0 spiro atoms. The van der Waals surface area contributed by atoms with Gasteiger partial charge in [0.15, 0.2) is 0 Å². The highest BCUT2D eigenvalue weighted by atomic mass is 16.2. The van der Waals surface area contributed by atoms with E-state index in [4.69, 9.17) is 22.3 Å². The minimum absolute atomic E-state index is 0.00498. The number of nitrogens with one attached hydrogen (secondary N) is 3. The number of hydrogen-bond acceptors (Lipinski definition) is 4. The number of amidine groups is 1. The third kappa shape index (κ3) is 5.24. The molecular weight excluding hydrogens is 340 g/mol. The first-order valence-electron chi connectivity index (χ1n) is 8.50. The van der Waals surface area contributed by atoms with Gasteiger partial charge in [0, 0.05) is 34.0 Å². The zero-order valence-corrected chi connectivity index (χ0v) is 15.3. The quantitative estimate of drug-likeness (QED) is 0.209. The van der Waals surface area contributed by atoms with E-state index in [9.17, 15) is 4.79 Å². The van der Waals surface area contributed by atoms with Gasteiger partial charge in [-0.3, -0.25) is 15.6 Å². The Balaban J connectivity index is 2.33. The van der Waals surface area contributed by atoms with Crippen LogP contribution in [0.5, 0.6) is 0 Å². The summed E-state index contributed by atoms with van der Waals surface area (Å²) in [5, 5.41) is 18.4. The van der Waals surface area contributed by atoms with Crippen LogP contribution in [0.25, 0.3) is 0 Å². The predicted octanol–water partition coefficient (Wildman–Crippen LogP) is 2.49. The number of carbonyl (C=O) groups is 1. The highest BCUT2D eigenvalue weighted by molar-refractivity contribution is 6.16. The number of hydrogen-bond donors (Lipinski definition) is 5. The summed E-state index contributed by atoms with van der Waals surface area (Å²) in [6.07, 6.45) is 7.66. The Morgan fingerprint density at radius 2 is 2.11 bits per heavy atom. The Labute approximate surface area is 158 Å². The number of carbonyl (C=O) groups excluding carboxylic acids is 1. The van der Waals surface area contributed by atoms with Crippen molar-refractivity contribution in [2.24, 2.45) is 16.6 Å². The number of rotatable bonds is 8. The first kappa shape index (κ1) is 19.8. The van der Waals surface area contributed by atoms with Crippen molar-refractivity contribution in [3.63, 3.8) is 0 Å². The van der Waals surface area contributed by atoms with Gasteiger partial charge in [-0.15, -0.1) is 0 Å². The van der Waals surface area contributed by atoms with Gasteiger partial charge in [-0.1, -0.05) is 18.7 Å². The molecule has 140 valence electrons.